The number of aryl methyl sites for hydroxylation is 3. The van der Waals surface area contributed by atoms with E-state index in [1.54, 1.807) is 0 Å². The van der Waals surface area contributed by atoms with Gasteiger partial charge in [0.15, 0.2) is 5.58 Å². The van der Waals surface area contributed by atoms with E-state index in [4.69, 9.17) is 19.4 Å². The lowest BCUT2D eigenvalue weighted by molar-refractivity contribution is 0.437. The summed E-state index contributed by atoms with van der Waals surface area (Å²) in [4.78, 5) is 17.9. The van der Waals surface area contributed by atoms with Crippen molar-refractivity contribution in [2.45, 2.75) is 74.9 Å². The summed E-state index contributed by atoms with van der Waals surface area (Å²) in [6.07, 6.45) is 0. The van der Waals surface area contributed by atoms with Crippen LogP contribution in [0.25, 0.3) is 95.4 Å². The number of aromatic hydroxyl groups is 1. The minimum Gasteiger partial charge on any atom is -0.507 e. The normalized spacial score (nSPS) is 14.5. The van der Waals surface area contributed by atoms with Crippen LogP contribution < -0.4 is 10.2 Å². The van der Waals surface area contributed by atoms with Gasteiger partial charge in [0.2, 0.25) is 0 Å². The fourth-order valence-electron chi connectivity index (χ4n) is 12.1. The number of aromatic nitrogens is 6. The van der Waals surface area contributed by atoms with Gasteiger partial charge in [-0.2, -0.15) is 0 Å². The Balaban J connectivity index is 1.03. The van der Waals surface area contributed by atoms with Gasteiger partial charge in [0.05, 0.1) is 34.1 Å². The van der Waals surface area contributed by atoms with Gasteiger partial charge in [0.25, 0.3) is 0 Å². The van der Waals surface area contributed by atoms with Gasteiger partial charge in [-0.25, -0.2) is 15.0 Å². The van der Waals surface area contributed by atoms with E-state index >= 15 is 0 Å². The molecule has 2 N–H and O–H groups in total. The van der Waals surface area contributed by atoms with Crippen LogP contribution in [0.2, 0.25) is 0 Å². The molecule has 394 valence electrons. The van der Waals surface area contributed by atoms with Crippen molar-refractivity contribution in [1.29, 1.82) is 0 Å². The number of furan rings is 1. The molecule has 0 amide bonds. The first-order valence-corrected chi connectivity index (χ1v) is 27.3. The Morgan fingerprint density at radius 1 is 0.450 bits per heavy atom. The van der Waals surface area contributed by atoms with Crippen molar-refractivity contribution in [3.63, 3.8) is 0 Å². The number of hydrogen-bond donors (Lipinski definition) is 2. The second kappa shape index (κ2) is 19.1. The van der Waals surface area contributed by atoms with Gasteiger partial charge < -0.3 is 19.7 Å². The SMILES string of the molecule is CC1=C(C)N(c2cc(-c3cc(-c4ccc5oc6c(-n7c(-c8ccccc8)nc(C)c7C)cc(-n7c(-c8ccccc8)nc(C)c7C)cc6c5c4)ccc3O)c(C)c(-n3c(-c4ccccc4)nc(C)c3C)c2)C(C)(c2ccccc2)N1. The molecule has 80 heavy (non-hydrogen) atoms. The molecular formula is C70H62N8O2. The zero-order chi connectivity index (χ0) is 55.3. The summed E-state index contributed by atoms with van der Waals surface area (Å²) in [5.41, 5.74) is 21.5. The molecule has 0 spiro atoms. The van der Waals surface area contributed by atoms with E-state index in [9.17, 15) is 5.11 Å². The van der Waals surface area contributed by atoms with Gasteiger partial charge in [-0.15, -0.1) is 0 Å². The quantitative estimate of drug-likeness (QED) is 0.141. The lowest BCUT2D eigenvalue weighted by atomic mass is 9.92. The van der Waals surface area contributed by atoms with Crippen LogP contribution in [0.15, 0.2) is 198 Å². The Labute approximate surface area is 466 Å². The lowest BCUT2D eigenvalue weighted by Gasteiger charge is -2.39. The fourth-order valence-corrected chi connectivity index (χ4v) is 12.1. The Morgan fingerprint density at radius 3 is 1.51 bits per heavy atom. The Kier molecular flexibility index (Phi) is 11.9. The minimum absolute atomic E-state index is 0.181. The molecule has 10 nitrogen and oxygen atoms in total. The zero-order valence-corrected chi connectivity index (χ0v) is 46.8. The average molecular weight is 1050 g/mol. The highest BCUT2D eigenvalue weighted by Gasteiger charge is 2.41. The number of nitrogens with one attached hydrogen (secondary N) is 1. The van der Waals surface area contributed by atoms with Crippen molar-refractivity contribution in [3.05, 3.63) is 239 Å². The summed E-state index contributed by atoms with van der Waals surface area (Å²) in [6.45, 7) is 21.3. The maximum absolute atomic E-state index is 12.3. The first-order valence-electron chi connectivity index (χ1n) is 27.3. The van der Waals surface area contributed by atoms with Crippen LogP contribution in [0.5, 0.6) is 5.75 Å². The molecule has 13 rings (SSSR count). The van der Waals surface area contributed by atoms with E-state index in [0.717, 1.165) is 152 Å². The highest BCUT2D eigenvalue weighted by Crippen LogP contribution is 2.47. The smallest absolute Gasteiger partial charge is 0.159 e. The Morgan fingerprint density at radius 2 is 0.938 bits per heavy atom. The molecule has 0 fully saturated rings. The number of phenolic OH excluding ortho intramolecular Hbond substituents is 1. The van der Waals surface area contributed by atoms with E-state index in [1.165, 1.54) is 0 Å². The molecule has 0 radical (unpaired) electrons. The summed E-state index contributed by atoms with van der Waals surface area (Å²) in [5.74, 6) is 2.74. The standard InChI is InChI=1S/C70H62N8O2/c1-41-58(38-57(78-49(9)45(5)74-70(78,10)55-29-21-14-22-30-55)40-62(41)76-47(7)43(3)72-68(76)51-25-17-12-18-26-51)59-35-53(31-33-64(59)79)54-32-34-65-60(36-54)61-37-56(75-46(6)42(2)71-67(75)50-23-15-11-16-24-50)39-63(66(61)80-65)77-48(8)44(4)73-69(77)52-27-19-13-20-28-52/h11-40,74,79H,1-10H3. The van der Waals surface area contributed by atoms with E-state index < -0.39 is 5.66 Å². The lowest BCUT2D eigenvalue weighted by Crippen LogP contribution is -2.47. The molecule has 5 heterocycles. The minimum atomic E-state index is -0.620. The number of imidazole rings is 3. The summed E-state index contributed by atoms with van der Waals surface area (Å²) in [6, 6.07) is 63.1. The summed E-state index contributed by atoms with van der Waals surface area (Å²) < 4.78 is 13.8. The van der Waals surface area contributed by atoms with Crippen LogP contribution in [0.1, 0.15) is 66.1 Å². The molecule has 8 aromatic carbocycles. The molecule has 12 aromatic rings. The Hall–Kier alpha value is -9.67. The monoisotopic (exact) mass is 1050 g/mol. The number of anilines is 1. The second-order valence-corrected chi connectivity index (χ2v) is 21.6. The molecule has 1 aliphatic rings. The highest BCUT2D eigenvalue weighted by molar-refractivity contribution is 6.10. The maximum atomic E-state index is 12.3. The molecular weight excluding hydrogens is 985 g/mol. The van der Waals surface area contributed by atoms with Gasteiger partial charge in [0, 0.05) is 67.2 Å². The number of nitrogens with zero attached hydrogens (tertiary/aromatic N) is 7. The van der Waals surface area contributed by atoms with Crippen LogP contribution in [0.4, 0.5) is 5.69 Å². The molecule has 10 heteroatoms. The van der Waals surface area contributed by atoms with Crippen molar-refractivity contribution in [2.24, 2.45) is 0 Å². The van der Waals surface area contributed by atoms with Crippen LogP contribution in [0.3, 0.4) is 0 Å². The summed E-state index contributed by atoms with van der Waals surface area (Å²) in [5, 5.41) is 18.1. The average Bonchev–Trinajstić information content (AvgIpc) is 4.33. The molecule has 0 saturated carbocycles. The highest BCUT2D eigenvalue weighted by atomic mass is 16.3. The first kappa shape index (κ1) is 49.9. The van der Waals surface area contributed by atoms with E-state index in [-0.39, 0.29) is 5.75 Å². The number of rotatable bonds is 10. The topological polar surface area (TPSA) is 102 Å². The van der Waals surface area contributed by atoms with Crippen molar-refractivity contribution >= 4 is 27.6 Å². The van der Waals surface area contributed by atoms with E-state index in [1.807, 2.05) is 30.3 Å². The predicted octanol–water partition coefficient (Wildman–Crippen LogP) is 16.9. The third-order valence-corrected chi connectivity index (χ3v) is 16.7. The second-order valence-electron chi connectivity index (χ2n) is 21.6. The Bertz CT molecular complexity index is 4450. The summed E-state index contributed by atoms with van der Waals surface area (Å²) in [7, 11) is 0. The third kappa shape index (κ3) is 7.96. The first-order chi connectivity index (χ1) is 38.7. The molecule has 0 aliphatic carbocycles. The van der Waals surface area contributed by atoms with Gasteiger partial charge in [-0.3, -0.25) is 13.7 Å². The number of fused-ring (bicyclic) bond motifs is 3. The number of benzene rings is 8. The van der Waals surface area contributed by atoms with Crippen LogP contribution in [-0.4, -0.2) is 33.8 Å². The van der Waals surface area contributed by atoms with Crippen LogP contribution in [-0.2, 0) is 5.66 Å². The van der Waals surface area contributed by atoms with Crippen LogP contribution in [0, 0.1) is 48.5 Å². The van der Waals surface area contributed by atoms with Gasteiger partial charge in [-0.1, -0.05) is 133 Å². The van der Waals surface area contributed by atoms with Gasteiger partial charge in [0.1, 0.15) is 34.5 Å². The number of allylic oxidation sites excluding steroid dienone is 2. The summed E-state index contributed by atoms with van der Waals surface area (Å²) >= 11 is 0. The maximum Gasteiger partial charge on any atom is 0.159 e. The molecule has 1 unspecified atom stereocenters. The number of phenols is 1. The molecule has 1 atom stereocenters. The van der Waals surface area contributed by atoms with Crippen LogP contribution >= 0.6 is 0 Å². The molecule has 1 aliphatic heterocycles. The molecule has 0 bridgehead atoms. The van der Waals surface area contributed by atoms with Crippen molar-refractivity contribution in [3.8, 4) is 79.2 Å². The van der Waals surface area contributed by atoms with Crippen molar-refractivity contribution in [1.82, 2.24) is 34.0 Å². The third-order valence-electron chi connectivity index (χ3n) is 16.7. The van der Waals surface area contributed by atoms with E-state index in [2.05, 4.69) is 245 Å². The number of hydrogen-bond acceptors (Lipinski definition) is 7. The van der Waals surface area contributed by atoms with Gasteiger partial charge in [-0.05, 0) is 146 Å². The predicted molar refractivity (Wildman–Crippen MR) is 325 cm³/mol. The van der Waals surface area contributed by atoms with Crippen molar-refractivity contribution < 1.29 is 9.52 Å². The molecule has 4 aromatic heterocycles. The zero-order valence-electron chi connectivity index (χ0n) is 46.8. The molecule has 0 saturated heterocycles. The van der Waals surface area contributed by atoms with Gasteiger partial charge >= 0.3 is 0 Å². The van der Waals surface area contributed by atoms with Crippen molar-refractivity contribution in [2.75, 3.05) is 4.90 Å². The fraction of sp³-hybridized carbons (Fsp3) is 0.157. The largest absolute Gasteiger partial charge is 0.507 e. The van der Waals surface area contributed by atoms with E-state index in [0.29, 0.717) is 5.56 Å².